The van der Waals surface area contributed by atoms with Gasteiger partial charge in [-0.1, -0.05) is 0 Å². The van der Waals surface area contributed by atoms with Crippen LogP contribution in [0.3, 0.4) is 0 Å². The van der Waals surface area contributed by atoms with E-state index in [2.05, 4.69) is 11.1 Å². The Hall–Kier alpha value is -2.30. The van der Waals surface area contributed by atoms with E-state index < -0.39 is 24.5 Å². The minimum Gasteiger partial charge on any atom is -0.355 e. The first kappa shape index (κ1) is 16.1. The second-order valence-corrected chi connectivity index (χ2v) is 5.08. The van der Waals surface area contributed by atoms with Crippen LogP contribution < -0.4 is 10.2 Å². The molecule has 5 nitrogen and oxygen atoms in total. The van der Waals surface area contributed by atoms with E-state index in [-0.39, 0.29) is 0 Å². The number of nitrogens with one attached hydrogen (secondary N) is 1. The van der Waals surface area contributed by atoms with Crippen LogP contribution in [0.5, 0.6) is 0 Å². The lowest BCUT2D eigenvalue weighted by Gasteiger charge is -2.32. The van der Waals surface area contributed by atoms with Crippen LogP contribution in [0.25, 0.3) is 0 Å². The van der Waals surface area contributed by atoms with E-state index in [9.17, 15) is 18.0 Å². The largest absolute Gasteiger partial charge is 0.405 e. The van der Waals surface area contributed by atoms with Gasteiger partial charge in [-0.15, -0.1) is 0 Å². The second kappa shape index (κ2) is 6.64. The molecule has 1 aromatic heterocycles. The standard InChI is InChI=1S/C14H15F3N4O/c15-14(16,17)9-20-13(22)10-3-6-21(7-4-10)12-11(8-18)2-1-5-19-12/h1-2,5,10H,3-4,6-7,9H2,(H,20,22). The Kier molecular flexibility index (Phi) is 4.85. The quantitative estimate of drug-likeness (QED) is 0.925. The number of nitriles is 1. The number of hydrogen-bond acceptors (Lipinski definition) is 4. The molecule has 1 amide bonds. The number of hydrogen-bond donors (Lipinski definition) is 1. The van der Waals surface area contributed by atoms with Crippen LogP contribution >= 0.6 is 0 Å². The maximum absolute atomic E-state index is 12.1. The van der Waals surface area contributed by atoms with Crippen LogP contribution in [0.1, 0.15) is 18.4 Å². The van der Waals surface area contributed by atoms with Gasteiger partial charge < -0.3 is 10.2 Å². The molecule has 1 aliphatic heterocycles. The molecule has 0 atom stereocenters. The maximum Gasteiger partial charge on any atom is 0.405 e. The van der Waals surface area contributed by atoms with Gasteiger partial charge in [-0.3, -0.25) is 4.79 Å². The van der Waals surface area contributed by atoms with Gasteiger partial charge in [0.1, 0.15) is 18.4 Å². The first-order chi connectivity index (χ1) is 10.4. The third-order valence-corrected chi connectivity index (χ3v) is 3.54. The summed E-state index contributed by atoms with van der Waals surface area (Å²) in [7, 11) is 0. The van der Waals surface area contributed by atoms with E-state index in [0.717, 1.165) is 0 Å². The molecule has 22 heavy (non-hydrogen) atoms. The zero-order chi connectivity index (χ0) is 16.2. The van der Waals surface area contributed by atoms with Gasteiger partial charge in [0.05, 0.1) is 5.56 Å². The first-order valence-electron chi connectivity index (χ1n) is 6.85. The van der Waals surface area contributed by atoms with Gasteiger partial charge in [0.25, 0.3) is 0 Å². The molecule has 0 aliphatic carbocycles. The number of carbonyl (C=O) groups is 1. The fourth-order valence-corrected chi connectivity index (χ4v) is 2.42. The summed E-state index contributed by atoms with van der Waals surface area (Å²) in [5.41, 5.74) is 0.447. The van der Waals surface area contributed by atoms with Gasteiger partial charge in [0.2, 0.25) is 5.91 Å². The van der Waals surface area contributed by atoms with Crippen LogP contribution in [0.4, 0.5) is 19.0 Å². The minimum atomic E-state index is -4.40. The van der Waals surface area contributed by atoms with E-state index in [1.807, 2.05) is 10.2 Å². The molecule has 0 radical (unpaired) electrons. The maximum atomic E-state index is 12.1. The zero-order valence-electron chi connectivity index (χ0n) is 11.7. The first-order valence-corrected chi connectivity index (χ1v) is 6.85. The molecule has 1 N–H and O–H groups in total. The number of aromatic nitrogens is 1. The van der Waals surface area contributed by atoms with Crippen molar-refractivity contribution >= 4 is 11.7 Å². The zero-order valence-corrected chi connectivity index (χ0v) is 11.7. The lowest BCUT2D eigenvalue weighted by atomic mass is 9.95. The summed E-state index contributed by atoms with van der Waals surface area (Å²) in [6, 6.07) is 5.38. The summed E-state index contributed by atoms with van der Waals surface area (Å²) < 4.78 is 36.3. The molecule has 0 saturated carbocycles. The Bertz CT molecular complexity index is 574. The van der Waals surface area contributed by atoms with E-state index in [4.69, 9.17) is 5.26 Å². The number of rotatable bonds is 3. The number of pyridine rings is 1. The molecule has 1 aromatic rings. The average molecular weight is 312 g/mol. The molecule has 0 spiro atoms. The van der Waals surface area contributed by atoms with Crippen molar-refractivity contribution in [2.75, 3.05) is 24.5 Å². The number of anilines is 1. The molecular weight excluding hydrogens is 297 g/mol. The van der Waals surface area contributed by atoms with Crippen molar-refractivity contribution in [2.45, 2.75) is 19.0 Å². The Morgan fingerprint density at radius 1 is 1.45 bits per heavy atom. The number of nitrogens with zero attached hydrogens (tertiary/aromatic N) is 3. The van der Waals surface area contributed by atoms with Gasteiger partial charge in [-0.2, -0.15) is 18.4 Å². The number of halogens is 3. The van der Waals surface area contributed by atoms with E-state index >= 15 is 0 Å². The number of alkyl halides is 3. The van der Waals surface area contributed by atoms with E-state index in [1.165, 1.54) is 0 Å². The van der Waals surface area contributed by atoms with Crippen molar-refractivity contribution in [1.82, 2.24) is 10.3 Å². The third kappa shape index (κ3) is 4.10. The van der Waals surface area contributed by atoms with Crippen molar-refractivity contribution < 1.29 is 18.0 Å². The monoisotopic (exact) mass is 312 g/mol. The number of amides is 1. The van der Waals surface area contributed by atoms with Gasteiger partial charge in [-0.25, -0.2) is 4.98 Å². The van der Waals surface area contributed by atoms with Gasteiger partial charge in [0.15, 0.2) is 0 Å². The molecule has 1 saturated heterocycles. The average Bonchev–Trinajstić information content (AvgIpc) is 2.52. The lowest BCUT2D eigenvalue weighted by molar-refractivity contribution is -0.141. The molecule has 0 bridgehead atoms. The predicted octanol–water partition coefficient (Wildman–Crippen LogP) is 1.85. The highest BCUT2D eigenvalue weighted by molar-refractivity contribution is 5.79. The van der Waals surface area contributed by atoms with Crippen LogP contribution in [0.15, 0.2) is 18.3 Å². The van der Waals surface area contributed by atoms with Gasteiger partial charge >= 0.3 is 6.18 Å². The molecule has 0 unspecified atom stereocenters. The van der Waals surface area contributed by atoms with Crippen molar-refractivity contribution in [1.29, 1.82) is 5.26 Å². The summed E-state index contributed by atoms with van der Waals surface area (Å²) in [4.78, 5) is 17.8. The van der Waals surface area contributed by atoms with Crippen LogP contribution in [0.2, 0.25) is 0 Å². The van der Waals surface area contributed by atoms with Crippen LogP contribution in [0, 0.1) is 17.2 Å². The van der Waals surface area contributed by atoms with E-state index in [0.29, 0.717) is 37.3 Å². The van der Waals surface area contributed by atoms with E-state index in [1.54, 1.807) is 18.3 Å². The Balaban J connectivity index is 1.91. The summed E-state index contributed by atoms with van der Waals surface area (Å²) in [6.07, 6.45) is -1.94. The molecule has 2 heterocycles. The summed E-state index contributed by atoms with van der Waals surface area (Å²) in [5.74, 6) is -0.453. The van der Waals surface area contributed by atoms with Crippen molar-refractivity contribution in [3.63, 3.8) is 0 Å². The Morgan fingerprint density at radius 2 is 2.14 bits per heavy atom. The highest BCUT2D eigenvalue weighted by atomic mass is 19.4. The molecule has 2 rings (SSSR count). The summed E-state index contributed by atoms with van der Waals surface area (Å²) in [6.45, 7) is -0.337. The van der Waals surface area contributed by atoms with Crippen LogP contribution in [-0.2, 0) is 4.79 Å². The Labute approximate surface area is 125 Å². The van der Waals surface area contributed by atoms with Crippen LogP contribution in [-0.4, -0.2) is 36.7 Å². The third-order valence-electron chi connectivity index (χ3n) is 3.54. The smallest absolute Gasteiger partial charge is 0.355 e. The molecule has 0 aromatic carbocycles. The summed E-state index contributed by atoms with van der Waals surface area (Å²) >= 11 is 0. The molecular formula is C14H15F3N4O. The minimum absolute atomic E-state index is 0.436. The SMILES string of the molecule is N#Cc1cccnc1N1CCC(C(=O)NCC(F)(F)F)CC1. The Morgan fingerprint density at radius 3 is 2.73 bits per heavy atom. The lowest BCUT2D eigenvalue weighted by Crippen LogP contribution is -2.43. The van der Waals surface area contributed by atoms with Gasteiger partial charge in [0, 0.05) is 25.2 Å². The fourth-order valence-electron chi connectivity index (χ4n) is 2.42. The molecule has 1 aliphatic rings. The van der Waals surface area contributed by atoms with Crippen molar-refractivity contribution in [3.8, 4) is 6.07 Å². The molecule has 1 fully saturated rings. The molecule has 8 heteroatoms. The van der Waals surface area contributed by atoms with Gasteiger partial charge in [-0.05, 0) is 25.0 Å². The highest BCUT2D eigenvalue weighted by Crippen LogP contribution is 2.24. The normalized spacial score (nSPS) is 16.2. The summed E-state index contributed by atoms with van der Waals surface area (Å²) in [5, 5.41) is 11.0. The van der Waals surface area contributed by atoms with Crippen molar-refractivity contribution in [3.05, 3.63) is 23.9 Å². The predicted molar refractivity (Wildman–Crippen MR) is 73.0 cm³/mol. The van der Waals surface area contributed by atoms with Crippen molar-refractivity contribution in [2.24, 2.45) is 5.92 Å². The second-order valence-electron chi connectivity index (χ2n) is 5.08. The number of piperidine rings is 1. The molecule has 118 valence electrons. The topological polar surface area (TPSA) is 69.0 Å². The highest BCUT2D eigenvalue weighted by Gasteiger charge is 2.31. The fraction of sp³-hybridized carbons (Fsp3) is 0.500. The number of carbonyl (C=O) groups excluding carboxylic acids is 1.